The van der Waals surface area contributed by atoms with E-state index in [1.165, 1.54) is 0 Å². The Morgan fingerprint density at radius 3 is 1.86 bits per heavy atom. The van der Waals surface area contributed by atoms with Gasteiger partial charge in [-0.1, -0.05) is 33.3 Å². The summed E-state index contributed by atoms with van der Waals surface area (Å²) in [5.74, 6) is 0. The standard InChI is InChI=1S/C11H24O2Si/c1-4-7-9-12-11(14,6-3)13-10-8-5-2/h6H,3-5,7-10H2,1-2,14H3. The Morgan fingerprint density at radius 2 is 1.57 bits per heavy atom. The molecule has 2 nitrogen and oxygen atoms in total. The number of hydrogen-bond acceptors (Lipinski definition) is 2. The summed E-state index contributed by atoms with van der Waals surface area (Å²) in [6.07, 6.45) is 6.29. The van der Waals surface area contributed by atoms with Crippen molar-refractivity contribution in [1.29, 1.82) is 0 Å². The maximum atomic E-state index is 5.69. The molecule has 0 atom stereocenters. The van der Waals surface area contributed by atoms with Crippen LogP contribution in [0.1, 0.15) is 39.5 Å². The lowest BCUT2D eigenvalue weighted by atomic mass is 10.3. The molecule has 0 saturated carbocycles. The first-order valence-corrected chi connectivity index (χ1v) is 6.60. The topological polar surface area (TPSA) is 18.5 Å². The van der Waals surface area contributed by atoms with Crippen LogP contribution in [0.15, 0.2) is 12.7 Å². The lowest BCUT2D eigenvalue weighted by Crippen LogP contribution is -2.34. The third kappa shape index (κ3) is 6.35. The molecule has 0 aliphatic carbocycles. The Kier molecular flexibility index (Phi) is 8.13. The van der Waals surface area contributed by atoms with E-state index in [-0.39, 0.29) is 0 Å². The van der Waals surface area contributed by atoms with E-state index in [4.69, 9.17) is 9.47 Å². The first-order valence-electron chi connectivity index (χ1n) is 5.60. The molecule has 0 N–H and O–H groups in total. The first kappa shape index (κ1) is 13.9. The fourth-order valence-corrected chi connectivity index (χ4v) is 1.41. The van der Waals surface area contributed by atoms with E-state index in [2.05, 4.69) is 20.4 Å². The Labute approximate surface area is 91.1 Å². The van der Waals surface area contributed by atoms with Crippen LogP contribution in [-0.2, 0) is 9.47 Å². The monoisotopic (exact) mass is 216 g/mol. The van der Waals surface area contributed by atoms with E-state index < -0.39 is 5.41 Å². The zero-order valence-electron chi connectivity index (χ0n) is 9.84. The van der Waals surface area contributed by atoms with Crippen LogP contribution in [0.4, 0.5) is 0 Å². The van der Waals surface area contributed by atoms with Gasteiger partial charge >= 0.3 is 0 Å². The van der Waals surface area contributed by atoms with E-state index in [9.17, 15) is 0 Å². The van der Waals surface area contributed by atoms with E-state index in [0.29, 0.717) is 0 Å². The molecule has 0 aromatic heterocycles. The Hall–Kier alpha value is -0.123. The molecule has 0 heterocycles. The Morgan fingerprint density at radius 1 is 1.14 bits per heavy atom. The third-order valence-electron chi connectivity index (χ3n) is 2.14. The maximum Gasteiger partial charge on any atom is 0.159 e. The summed E-state index contributed by atoms with van der Waals surface area (Å²) in [6.45, 7) is 9.64. The number of rotatable bonds is 9. The fraction of sp³-hybridized carbons (Fsp3) is 0.818. The van der Waals surface area contributed by atoms with Crippen molar-refractivity contribution in [2.75, 3.05) is 13.2 Å². The molecule has 0 aliphatic rings. The molecule has 0 aliphatic heterocycles. The quantitative estimate of drug-likeness (QED) is 0.253. The Bertz CT molecular complexity index is 138. The number of unbranched alkanes of at least 4 members (excludes halogenated alkanes) is 2. The van der Waals surface area contributed by atoms with Crippen LogP contribution < -0.4 is 0 Å². The number of hydrogen-bond donors (Lipinski definition) is 0. The summed E-state index contributed by atoms with van der Waals surface area (Å²) in [6, 6.07) is 0. The van der Waals surface area contributed by atoms with Crippen molar-refractivity contribution in [2.24, 2.45) is 0 Å². The largest absolute Gasteiger partial charge is 0.351 e. The van der Waals surface area contributed by atoms with Gasteiger partial charge in [0.05, 0.1) is 10.2 Å². The van der Waals surface area contributed by atoms with Gasteiger partial charge in [-0.05, 0) is 18.9 Å². The fourth-order valence-electron chi connectivity index (χ4n) is 0.998. The third-order valence-corrected chi connectivity index (χ3v) is 3.13. The van der Waals surface area contributed by atoms with Crippen LogP contribution in [0.25, 0.3) is 0 Å². The average molecular weight is 216 g/mol. The zero-order chi connectivity index (χ0) is 10.9. The molecule has 0 spiro atoms. The van der Waals surface area contributed by atoms with Crippen LogP contribution in [0, 0.1) is 0 Å². The molecule has 0 saturated heterocycles. The molecule has 0 rings (SSSR count). The molecule has 84 valence electrons. The molecular weight excluding hydrogens is 192 g/mol. The van der Waals surface area contributed by atoms with Crippen molar-refractivity contribution in [3.63, 3.8) is 0 Å². The average Bonchev–Trinajstić information content (AvgIpc) is 2.19. The van der Waals surface area contributed by atoms with Gasteiger partial charge in [-0.2, -0.15) is 0 Å². The molecule has 0 unspecified atom stereocenters. The van der Waals surface area contributed by atoms with Crippen LogP contribution in [0.2, 0.25) is 0 Å². The molecule has 0 bridgehead atoms. The summed E-state index contributed by atoms with van der Waals surface area (Å²) in [7, 11) is 0.840. The lowest BCUT2D eigenvalue weighted by molar-refractivity contribution is -0.147. The van der Waals surface area contributed by atoms with Gasteiger partial charge in [-0.25, -0.2) is 0 Å². The minimum atomic E-state index is -0.454. The van der Waals surface area contributed by atoms with Crippen molar-refractivity contribution in [2.45, 2.75) is 44.9 Å². The highest BCUT2D eigenvalue weighted by molar-refractivity contribution is 6.14. The van der Waals surface area contributed by atoms with Crippen molar-refractivity contribution in [3.05, 3.63) is 12.7 Å². The summed E-state index contributed by atoms with van der Waals surface area (Å²) >= 11 is 0. The van der Waals surface area contributed by atoms with Gasteiger partial charge in [-0.3, -0.25) is 0 Å². The molecular formula is C11H24O2Si. The zero-order valence-corrected chi connectivity index (χ0v) is 11.8. The maximum absolute atomic E-state index is 5.69. The summed E-state index contributed by atoms with van der Waals surface area (Å²) in [5, 5.41) is 0. The second kappa shape index (κ2) is 8.21. The molecule has 0 fully saturated rings. The van der Waals surface area contributed by atoms with Crippen molar-refractivity contribution < 1.29 is 9.47 Å². The van der Waals surface area contributed by atoms with Crippen molar-refractivity contribution >= 4 is 10.2 Å². The van der Waals surface area contributed by atoms with Crippen LogP contribution in [0.3, 0.4) is 0 Å². The summed E-state index contributed by atoms with van der Waals surface area (Å²) in [5.41, 5.74) is -0.454. The Balaban J connectivity index is 3.73. The van der Waals surface area contributed by atoms with Gasteiger partial charge in [0.1, 0.15) is 0 Å². The van der Waals surface area contributed by atoms with Crippen LogP contribution >= 0.6 is 0 Å². The van der Waals surface area contributed by atoms with Crippen molar-refractivity contribution in [3.8, 4) is 0 Å². The highest BCUT2D eigenvalue weighted by atomic mass is 28.1. The van der Waals surface area contributed by atoms with E-state index in [0.717, 1.165) is 49.1 Å². The summed E-state index contributed by atoms with van der Waals surface area (Å²) < 4.78 is 11.4. The normalized spacial score (nSPS) is 11.9. The second-order valence-corrected chi connectivity index (χ2v) is 5.02. The predicted octanol–water partition coefficient (Wildman–Crippen LogP) is 1.82. The van der Waals surface area contributed by atoms with Gasteiger partial charge in [0, 0.05) is 13.2 Å². The first-order chi connectivity index (χ1) is 6.68. The van der Waals surface area contributed by atoms with Crippen molar-refractivity contribution in [1.82, 2.24) is 0 Å². The van der Waals surface area contributed by atoms with E-state index in [1.54, 1.807) is 6.08 Å². The predicted molar refractivity (Wildman–Crippen MR) is 64.6 cm³/mol. The van der Waals surface area contributed by atoms with Gasteiger partial charge in [0.25, 0.3) is 0 Å². The van der Waals surface area contributed by atoms with Gasteiger partial charge < -0.3 is 9.47 Å². The highest BCUT2D eigenvalue weighted by Crippen LogP contribution is 2.11. The molecule has 3 heteroatoms. The minimum Gasteiger partial charge on any atom is -0.351 e. The molecule has 14 heavy (non-hydrogen) atoms. The van der Waals surface area contributed by atoms with Gasteiger partial charge in [0.15, 0.2) is 5.41 Å². The van der Waals surface area contributed by atoms with Gasteiger partial charge in [0.2, 0.25) is 0 Å². The minimum absolute atomic E-state index is 0.454. The van der Waals surface area contributed by atoms with E-state index in [1.807, 2.05) is 0 Å². The highest BCUT2D eigenvalue weighted by Gasteiger charge is 2.19. The molecule has 0 aromatic rings. The van der Waals surface area contributed by atoms with Gasteiger partial charge in [-0.15, -0.1) is 0 Å². The smallest absolute Gasteiger partial charge is 0.159 e. The van der Waals surface area contributed by atoms with E-state index >= 15 is 0 Å². The SMILES string of the molecule is C=CC([SiH3])(OCCCC)OCCCC. The molecule has 0 amide bonds. The van der Waals surface area contributed by atoms with Crippen LogP contribution in [0.5, 0.6) is 0 Å². The molecule has 0 aromatic carbocycles. The number of ether oxygens (including phenoxy) is 2. The lowest BCUT2D eigenvalue weighted by Gasteiger charge is -2.27. The second-order valence-electron chi connectivity index (χ2n) is 3.62. The summed E-state index contributed by atoms with van der Waals surface area (Å²) in [4.78, 5) is 0. The molecule has 0 radical (unpaired) electrons. The van der Waals surface area contributed by atoms with Crippen LogP contribution in [-0.4, -0.2) is 28.9 Å².